The molecule has 1 N–H and O–H groups in total. The lowest BCUT2D eigenvalue weighted by Gasteiger charge is -2.16. The lowest BCUT2D eigenvalue weighted by molar-refractivity contribution is 0.285. The van der Waals surface area contributed by atoms with Crippen LogP contribution in [0.15, 0.2) is 30.5 Å². The standard InChI is InChI=1S/C12H14N2OS/c1-9-4-3-5-10(6-9)14(2)12-13-7-11(8-15)16-12/h3-7,15H,8H2,1-2H3. The summed E-state index contributed by atoms with van der Waals surface area (Å²) in [7, 11) is 1.98. The van der Waals surface area contributed by atoms with Crippen LogP contribution in [0.4, 0.5) is 10.8 Å². The van der Waals surface area contributed by atoms with Gasteiger partial charge in [-0.2, -0.15) is 0 Å². The summed E-state index contributed by atoms with van der Waals surface area (Å²) >= 11 is 1.51. The molecule has 0 saturated heterocycles. The van der Waals surface area contributed by atoms with Crippen LogP contribution in [0.3, 0.4) is 0 Å². The van der Waals surface area contributed by atoms with Gasteiger partial charge in [-0.3, -0.25) is 0 Å². The second-order valence-electron chi connectivity index (χ2n) is 3.67. The molecular weight excluding hydrogens is 220 g/mol. The molecule has 0 aliphatic carbocycles. The molecule has 4 heteroatoms. The van der Waals surface area contributed by atoms with Crippen LogP contribution in [0.25, 0.3) is 0 Å². The number of rotatable bonds is 3. The van der Waals surface area contributed by atoms with Gasteiger partial charge in [-0.1, -0.05) is 23.5 Å². The maximum atomic E-state index is 9.00. The summed E-state index contributed by atoms with van der Waals surface area (Å²) in [6.07, 6.45) is 1.71. The number of benzene rings is 1. The third kappa shape index (κ3) is 2.23. The first kappa shape index (κ1) is 11.1. The van der Waals surface area contributed by atoms with Crippen molar-refractivity contribution in [3.05, 3.63) is 40.9 Å². The Morgan fingerprint density at radius 2 is 2.25 bits per heavy atom. The molecule has 0 bridgehead atoms. The van der Waals surface area contributed by atoms with E-state index >= 15 is 0 Å². The van der Waals surface area contributed by atoms with Crippen molar-refractivity contribution in [2.75, 3.05) is 11.9 Å². The Morgan fingerprint density at radius 3 is 2.88 bits per heavy atom. The van der Waals surface area contributed by atoms with E-state index in [2.05, 4.69) is 24.0 Å². The quantitative estimate of drug-likeness (QED) is 0.887. The molecule has 0 radical (unpaired) electrons. The average Bonchev–Trinajstić information content (AvgIpc) is 2.76. The van der Waals surface area contributed by atoms with Gasteiger partial charge in [0.05, 0.1) is 11.5 Å². The van der Waals surface area contributed by atoms with Crippen molar-refractivity contribution in [1.29, 1.82) is 0 Å². The fourth-order valence-electron chi connectivity index (χ4n) is 1.47. The third-order valence-corrected chi connectivity index (χ3v) is 3.43. The zero-order valence-corrected chi connectivity index (χ0v) is 10.2. The van der Waals surface area contributed by atoms with Crippen molar-refractivity contribution in [1.82, 2.24) is 4.98 Å². The van der Waals surface area contributed by atoms with E-state index in [1.807, 2.05) is 24.1 Å². The summed E-state index contributed by atoms with van der Waals surface area (Å²) in [5.41, 5.74) is 2.34. The van der Waals surface area contributed by atoms with Crippen molar-refractivity contribution < 1.29 is 5.11 Å². The van der Waals surface area contributed by atoms with Crippen LogP contribution < -0.4 is 4.90 Å². The summed E-state index contributed by atoms with van der Waals surface area (Å²) in [5.74, 6) is 0. The van der Waals surface area contributed by atoms with Gasteiger partial charge in [0.15, 0.2) is 5.13 Å². The van der Waals surface area contributed by atoms with E-state index in [1.54, 1.807) is 6.20 Å². The van der Waals surface area contributed by atoms with Gasteiger partial charge in [0.2, 0.25) is 0 Å². The minimum absolute atomic E-state index is 0.0549. The Kier molecular flexibility index (Phi) is 3.22. The number of nitrogens with zero attached hydrogens (tertiary/aromatic N) is 2. The van der Waals surface area contributed by atoms with Crippen LogP contribution in [0.1, 0.15) is 10.4 Å². The van der Waals surface area contributed by atoms with Crippen molar-refractivity contribution in [3.8, 4) is 0 Å². The van der Waals surface area contributed by atoms with E-state index in [0.717, 1.165) is 15.7 Å². The van der Waals surface area contributed by atoms with Gasteiger partial charge in [-0.15, -0.1) is 0 Å². The summed E-state index contributed by atoms with van der Waals surface area (Å²) in [4.78, 5) is 7.19. The Hall–Kier alpha value is -1.39. The fourth-order valence-corrected chi connectivity index (χ4v) is 2.22. The normalized spacial score (nSPS) is 10.4. The molecule has 0 aliphatic heterocycles. The van der Waals surface area contributed by atoms with E-state index in [0.29, 0.717) is 0 Å². The van der Waals surface area contributed by atoms with Crippen molar-refractivity contribution >= 4 is 22.2 Å². The van der Waals surface area contributed by atoms with Gasteiger partial charge in [-0.05, 0) is 24.6 Å². The van der Waals surface area contributed by atoms with E-state index in [-0.39, 0.29) is 6.61 Å². The highest BCUT2D eigenvalue weighted by molar-refractivity contribution is 7.15. The van der Waals surface area contributed by atoms with Crippen LogP contribution >= 0.6 is 11.3 Å². The van der Waals surface area contributed by atoms with Crippen LogP contribution in [0.2, 0.25) is 0 Å². The number of hydrogen-bond donors (Lipinski definition) is 1. The molecule has 0 fully saturated rings. The Balaban J connectivity index is 2.27. The van der Waals surface area contributed by atoms with Gasteiger partial charge in [0, 0.05) is 18.9 Å². The molecule has 0 spiro atoms. The number of aryl methyl sites for hydroxylation is 1. The lowest BCUT2D eigenvalue weighted by atomic mass is 10.2. The first-order chi connectivity index (χ1) is 7.70. The van der Waals surface area contributed by atoms with Gasteiger partial charge < -0.3 is 10.0 Å². The summed E-state index contributed by atoms with van der Waals surface area (Å²) in [6, 6.07) is 8.26. The first-order valence-corrected chi connectivity index (χ1v) is 5.88. The van der Waals surface area contributed by atoms with Crippen LogP contribution in [-0.4, -0.2) is 17.1 Å². The zero-order chi connectivity index (χ0) is 11.5. The predicted molar refractivity (Wildman–Crippen MR) is 67.3 cm³/mol. The SMILES string of the molecule is Cc1cccc(N(C)c2ncc(CO)s2)c1. The monoisotopic (exact) mass is 234 g/mol. The van der Waals surface area contributed by atoms with Crippen LogP contribution in [-0.2, 0) is 6.61 Å². The molecule has 16 heavy (non-hydrogen) atoms. The number of aromatic nitrogens is 1. The van der Waals surface area contributed by atoms with E-state index in [4.69, 9.17) is 5.11 Å². The van der Waals surface area contributed by atoms with Gasteiger partial charge >= 0.3 is 0 Å². The molecule has 3 nitrogen and oxygen atoms in total. The molecule has 84 valence electrons. The highest BCUT2D eigenvalue weighted by atomic mass is 32.1. The van der Waals surface area contributed by atoms with E-state index in [1.165, 1.54) is 16.9 Å². The van der Waals surface area contributed by atoms with Gasteiger partial charge in [0.1, 0.15) is 0 Å². The molecule has 1 aromatic carbocycles. The predicted octanol–water partition coefficient (Wildman–Crippen LogP) is 2.71. The van der Waals surface area contributed by atoms with Gasteiger partial charge in [-0.25, -0.2) is 4.98 Å². The fraction of sp³-hybridized carbons (Fsp3) is 0.250. The molecule has 2 aromatic rings. The highest BCUT2D eigenvalue weighted by Gasteiger charge is 2.08. The maximum absolute atomic E-state index is 9.00. The Morgan fingerprint density at radius 1 is 1.44 bits per heavy atom. The molecular formula is C12H14N2OS. The average molecular weight is 234 g/mol. The number of anilines is 2. The number of thiazole rings is 1. The molecule has 0 amide bonds. The molecule has 0 aliphatic rings. The maximum Gasteiger partial charge on any atom is 0.189 e. The topological polar surface area (TPSA) is 36.4 Å². The lowest BCUT2D eigenvalue weighted by Crippen LogP contribution is -2.08. The summed E-state index contributed by atoms with van der Waals surface area (Å²) in [5, 5.41) is 9.90. The second kappa shape index (κ2) is 4.63. The van der Waals surface area contributed by atoms with E-state index in [9.17, 15) is 0 Å². The Bertz CT molecular complexity index is 481. The van der Waals surface area contributed by atoms with Crippen LogP contribution in [0.5, 0.6) is 0 Å². The second-order valence-corrected chi connectivity index (χ2v) is 4.76. The molecule has 0 atom stereocenters. The summed E-state index contributed by atoms with van der Waals surface area (Å²) < 4.78 is 0. The molecule has 0 saturated carbocycles. The minimum atomic E-state index is 0.0549. The van der Waals surface area contributed by atoms with Gasteiger partial charge in [0.25, 0.3) is 0 Å². The molecule has 1 heterocycles. The van der Waals surface area contributed by atoms with E-state index < -0.39 is 0 Å². The number of hydrogen-bond acceptors (Lipinski definition) is 4. The molecule has 1 aromatic heterocycles. The summed E-state index contributed by atoms with van der Waals surface area (Å²) in [6.45, 7) is 2.12. The zero-order valence-electron chi connectivity index (χ0n) is 9.34. The molecule has 0 unspecified atom stereocenters. The minimum Gasteiger partial charge on any atom is -0.391 e. The largest absolute Gasteiger partial charge is 0.391 e. The smallest absolute Gasteiger partial charge is 0.189 e. The van der Waals surface area contributed by atoms with Crippen molar-refractivity contribution in [2.24, 2.45) is 0 Å². The number of aliphatic hydroxyl groups is 1. The molecule has 2 rings (SSSR count). The van der Waals surface area contributed by atoms with Crippen LogP contribution in [0, 0.1) is 6.92 Å². The Labute approximate surface area is 99.0 Å². The van der Waals surface area contributed by atoms with Crippen molar-refractivity contribution in [3.63, 3.8) is 0 Å². The highest BCUT2D eigenvalue weighted by Crippen LogP contribution is 2.28. The first-order valence-electron chi connectivity index (χ1n) is 5.06. The third-order valence-electron chi connectivity index (χ3n) is 2.37. The van der Waals surface area contributed by atoms with Crippen molar-refractivity contribution in [2.45, 2.75) is 13.5 Å². The number of aliphatic hydroxyl groups excluding tert-OH is 1.